The molecule has 0 radical (unpaired) electrons. The Kier molecular flexibility index (Phi) is 6.92. The summed E-state index contributed by atoms with van der Waals surface area (Å²) in [5, 5.41) is 11.4. The number of nitrogens with one attached hydrogen (secondary N) is 1. The van der Waals surface area contributed by atoms with Gasteiger partial charge < -0.3 is 15.0 Å². The Morgan fingerprint density at radius 3 is 2.73 bits per heavy atom. The van der Waals surface area contributed by atoms with Crippen molar-refractivity contribution in [2.24, 2.45) is 0 Å². The molecule has 0 bridgehead atoms. The molecule has 2 heterocycles. The van der Waals surface area contributed by atoms with E-state index in [-0.39, 0.29) is 0 Å². The first-order valence-corrected chi connectivity index (χ1v) is 8.96. The molecule has 1 fully saturated rings. The predicted molar refractivity (Wildman–Crippen MR) is 104 cm³/mol. The zero-order valence-corrected chi connectivity index (χ0v) is 15.2. The van der Waals surface area contributed by atoms with E-state index in [0.29, 0.717) is 19.1 Å². The van der Waals surface area contributed by atoms with E-state index < -0.39 is 0 Å². The lowest BCUT2D eigenvalue weighted by molar-refractivity contribution is 0.210. The molecule has 1 aliphatic rings. The summed E-state index contributed by atoms with van der Waals surface area (Å²) in [6, 6.07) is 10.4. The van der Waals surface area contributed by atoms with E-state index >= 15 is 0 Å². The van der Waals surface area contributed by atoms with Gasteiger partial charge in [-0.25, -0.2) is 0 Å². The Hall–Kier alpha value is -2.51. The second-order valence-corrected chi connectivity index (χ2v) is 6.16. The molecular formula is C19H26N6O. The van der Waals surface area contributed by atoms with E-state index in [2.05, 4.69) is 66.7 Å². The molecule has 138 valence electrons. The van der Waals surface area contributed by atoms with Crippen LogP contribution in [-0.4, -0.2) is 73.1 Å². The van der Waals surface area contributed by atoms with Crippen LogP contribution in [0.15, 0.2) is 42.6 Å². The highest BCUT2D eigenvalue weighted by atomic mass is 16.5. The maximum Gasteiger partial charge on any atom is 0.247 e. The number of methoxy groups -OCH3 is 1. The fourth-order valence-corrected chi connectivity index (χ4v) is 2.83. The molecule has 26 heavy (non-hydrogen) atoms. The zero-order chi connectivity index (χ0) is 18.0. The molecular weight excluding hydrogens is 328 g/mol. The van der Waals surface area contributed by atoms with Crippen molar-refractivity contribution in [1.29, 1.82) is 0 Å². The summed E-state index contributed by atoms with van der Waals surface area (Å²) in [7, 11) is 1.68. The summed E-state index contributed by atoms with van der Waals surface area (Å²) in [5.41, 5.74) is 1.24. The van der Waals surface area contributed by atoms with Gasteiger partial charge in [0.25, 0.3) is 0 Å². The number of benzene rings is 1. The van der Waals surface area contributed by atoms with Crippen LogP contribution in [0.5, 0.6) is 0 Å². The lowest BCUT2D eigenvalue weighted by Gasteiger charge is -2.33. The third kappa shape index (κ3) is 5.50. The Morgan fingerprint density at radius 2 is 1.96 bits per heavy atom. The van der Waals surface area contributed by atoms with Crippen LogP contribution >= 0.6 is 0 Å². The Bertz CT molecular complexity index is 685. The second-order valence-electron chi connectivity index (χ2n) is 6.16. The minimum atomic E-state index is 0.633. The van der Waals surface area contributed by atoms with Crippen LogP contribution in [0.2, 0.25) is 0 Å². The fraction of sp³-hybridized carbons (Fsp3) is 0.421. The van der Waals surface area contributed by atoms with Crippen LogP contribution in [0.4, 0.5) is 11.8 Å². The van der Waals surface area contributed by atoms with Crippen LogP contribution < -0.4 is 10.2 Å². The maximum atomic E-state index is 5.03. The van der Waals surface area contributed by atoms with Gasteiger partial charge in [-0.2, -0.15) is 10.1 Å². The number of rotatable bonds is 8. The first-order valence-electron chi connectivity index (χ1n) is 8.96. The van der Waals surface area contributed by atoms with Gasteiger partial charge >= 0.3 is 0 Å². The van der Waals surface area contributed by atoms with Crippen molar-refractivity contribution in [3.05, 3.63) is 48.2 Å². The smallest absolute Gasteiger partial charge is 0.247 e. The first-order chi connectivity index (χ1) is 12.8. The summed E-state index contributed by atoms with van der Waals surface area (Å²) >= 11 is 0. The third-order valence-corrected chi connectivity index (χ3v) is 4.29. The van der Waals surface area contributed by atoms with E-state index in [0.717, 1.165) is 38.5 Å². The van der Waals surface area contributed by atoms with E-state index in [9.17, 15) is 0 Å². The maximum absolute atomic E-state index is 5.03. The summed E-state index contributed by atoms with van der Waals surface area (Å²) in [6.07, 6.45) is 6.04. The van der Waals surface area contributed by atoms with Crippen molar-refractivity contribution in [2.45, 2.75) is 0 Å². The lowest BCUT2D eigenvalue weighted by Crippen LogP contribution is -2.47. The van der Waals surface area contributed by atoms with Crippen LogP contribution in [-0.2, 0) is 4.74 Å². The summed E-state index contributed by atoms with van der Waals surface area (Å²) in [5.74, 6) is 1.42. The molecule has 1 aliphatic heterocycles. The highest BCUT2D eigenvalue weighted by Crippen LogP contribution is 2.12. The van der Waals surface area contributed by atoms with Crippen molar-refractivity contribution in [3.63, 3.8) is 0 Å². The van der Waals surface area contributed by atoms with Gasteiger partial charge in [-0.3, -0.25) is 4.90 Å². The molecule has 7 nitrogen and oxygen atoms in total. The van der Waals surface area contributed by atoms with Gasteiger partial charge in [-0.15, -0.1) is 5.10 Å². The molecule has 7 heteroatoms. The van der Waals surface area contributed by atoms with E-state index in [1.165, 1.54) is 5.56 Å². The third-order valence-electron chi connectivity index (χ3n) is 4.29. The van der Waals surface area contributed by atoms with Crippen molar-refractivity contribution in [3.8, 4) is 0 Å². The topological polar surface area (TPSA) is 66.4 Å². The van der Waals surface area contributed by atoms with Crippen molar-refractivity contribution < 1.29 is 4.74 Å². The molecule has 1 aromatic carbocycles. The molecule has 0 aliphatic carbocycles. The van der Waals surface area contributed by atoms with Gasteiger partial charge in [0.05, 0.1) is 12.8 Å². The normalized spacial score (nSPS) is 15.5. The standard InChI is InChI=1S/C19H26N6O/c1-26-15-9-20-18-16-21-23-19(22-18)25-13-11-24(12-14-25)10-5-8-17-6-3-2-4-7-17/h2-8,16H,9-15H2,1H3,(H,20,22,23)/b8-5+. The monoisotopic (exact) mass is 354 g/mol. The van der Waals surface area contributed by atoms with Gasteiger partial charge in [0.1, 0.15) is 0 Å². The second kappa shape index (κ2) is 9.84. The van der Waals surface area contributed by atoms with Gasteiger partial charge in [0.2, 0.25) is 5.95 Å². The Labute approximate surface area is 154 Å². The van der Waals surface area contributed by atoms with Crippen LogP contribution in [0.25, 0.3) is 6.08 Å². The van der Waals surface area contributed by atoms with Crippen LogP contribution in [0.1, 0.15) is 5.56 Å². The predicted octanol–water partition coefficient (Wildman–Crippen LogP) is 1.77. The zero-order valence-electron chi connectivity index (χ0n) is 15.2. The first kappa shape index (κ1) is 18.3. The molecule has 0 saturated carbocycles. The number of anilines is 2. The van der Waals surface area contributed by atoms with E-state index in [1.807, 2.05) is 6.07 Å². The van der Waals surface area contributed by atoms with Crippen molar-refractivity contribution in [2.75, 3.05) is 63.2 Å². The average molecular weight is 354 g/mol. The lowest BCUT2D eigenvalue weighted by atomic mass is 10.2. The summed E-state index contributed by atoms with van der Waals surface area (Å²) < 4.78 is 5.03. The van der Waals surface area contributed by atoms with E-state index in [1.54, 1.807) is 13.3 Å². The number of ether oxygens (including phenoxy) is 1. The quantitative estimate of drug-likeness (QED) is 0.725. The molecule has 1 saturated heterocycles. The number of hydrogen-bond acceptors (Lipinski definition) is 7. The van der Waals surface area contributed by atoms with Gasteiger partial charge in [0.15, 0.2) is 5.82 Å². The minimum Gasteiger partial charge on any atom is -0.383 e. The van der Waals surface area contributed by atoms with Crippen molar-refractivity contribution in [1.82, 2.24) is 20.1 Å². The SMILES string of the molecule is COCCNc1cnnc(N2CCN(C/C=C/c3ccccc3)CC2)n1. The summed E-state index contributed by atoms with van der Waals surface area (Å²) in [6.45, 7) is 6.09. The minimum absolute atomic E-state index is 0.633. The average Bonchev–Trinajstić information content (AvgIpc) is 2.70. The van der Waals surface area contributed by atoms with Crippen LogP contribution in [0.3, 0.4) is 0 Å². The summed E-state index contributed by atoms with van der Waals surface area (Å²) in [4.78, 5) is 9.17. The Morgan fingerprint density at radius 1 is 1.15 bits per heavy atom. The van der Waals surface area contributed by atoms with Crippen LogP contribution in [0, 0.1) is 0 Å². The molecule has 0 amide bonds. The number of aromatic nitrogens is 3. The molecule has 1 N–H and O–H groups in total. The Balaban J connectivity index is 1.46. The number of hydrogen-bond donors (Lipinski definition) is 1. The van der Waals surface area contributed by atoms with Crippen molar-refractivity contribution >= 4 is 17.8 Å². The van der Waals surface area contributed by atoms with E-state index in [4.69, 9.17) is 4.74 Å². The highest BCUT2D eigenvalue weighted by Gasteiger charge is 2.18. The molecule has 0 atom stereocenters. The van der Waals surface area contributed by atoms with Gasteiger partial charge in [0, 0.05) is 46.4 Å². The molecule has 0 unspecified atom stereocenters. The highest BCUT2D eigenvalue weighted by molar-refractivity contribution is 5.48. The molecule has 2 aromatic rings. The number of nitrogens with zero attached hydrogens (tertiary/aromatic N) is 5. The van der Waals surface area contributed by atoms with Gasteiger partial charge in [-0.1, -0.05) is 42.5 Å². The largest absolute Gasteiger partial charge is 0.383 e. The fourth-order valence-electron chi connectivity index (χ4n) is 2.83. The van der Waals surface area contributed by atoms with Gasteiger partial charge in [-0.05, 0) is 5.56 Å². The molecule has 3 rings (SSSR count). The molecule has 1 aromatic heterocycles. The molecule has 0 spiro atoms. The number of piperazine rings is 1.